The number of aromatic nitrogens is 1. The average Bonchev–Trinajstić information content (AvgIpc) is 3.51. The standard InChI is InChI=1S/C33H39N3O4S/c1-21-7-12-29(40-19-24-9-8-23(16-22(24)2)30(37)35-13-5-4-6-14-35)27(15-21)28-20-41-32(34-28)36-17-25-10-11-26(18-36)33(25,3)31(38)39/h7-9,12,15-16,20,25-26H,4-6,10-11,13-14,17-19H2,1-3H3,(H,38,39). The molecule has 2 saturated heterocycles. The van der Waals surface area contributed by atoms with Crippen LogP contribution in [0.25, 0.3) is 11.3 Å². The minimum Gasteiger partial charge on any atom is -0.488 e. The number of carbonyl (C=O) groups excluding carboxylic acids is 1. The summed E-state index contributed by atoms with van der Waals surface area (Å²) < 4.78 is 6.37. The maximum Gasteiger partial charge on any atom is 0.310 e. The molecule has 7 nitrogen and oxygen atoms in total. The van der Waals surface area contributed by atoms with E-state index in [1.54, 1.807) is 11.3 Å². The molecule has 0 spiro atoms. The van der Waals surface area contributed by atoms with Crippen molar-refractivity contribution in [1.82, 2.24) is 9.88 Å². The lowest BCUT2D eigenvalue weighted by Crippen LogP contribution is -2.51. The molecular formula is C33H39N3O4S. The van der Waals surface area contributed by atoms with Crippen molar-refractivity contribution in [3.05, 3.63) is 64.0 Å². The van der Waals surface area contributed by atoms with Gasteiger partial charge in [-0.2, -0.15) is 0 Å². The number of anilines is 1. The van der Waals surface area contributed by atoms with E-state index in [-0.39, 0.29) is 17.7 Å². The number of hydrogen-bond acceptors (Lipinski definition) is 6. The number of carbonyl (C=O) groups is 2. The monoisotopic (exact) mass is 573 g/mol. The van der Waals surface area contributed by atoms with Crippen LogP contribution in [0.2, 0.25) is 0 Å². The second-order valence-corrected chi connectivity index (χ2v) is 13.1. The van der Waals surface area contributed by atoms with Crippen LogP contribution in [0.3, 0.4) is 0 Å². The molecule has 41 heavy (non-hydrogen) atoms. The fourth-order valence-electron chi connectivity index (χ4n) is 6.94. The Balaban J connectivity index is 1.17. The van der Waals surface area contributed by atoms with Crippen molar-refractivity contribution in [3.8, 4) is 17.0 Å². The van der Waals surface area contributed by atoms with Crippen LogP contribution < -0.4 is 9.64 Å². The normalized spacial score (nSPS) is 24.0. The van der Waals surface area contributed by atoms with E-state index >= 15 is 0 Å². The number of benzene rings is 2. The molecule has 2 aromatic carbocycles. The summed E-state index contributed by atoms with van der Waals surface area (Å²) in [5.74, 6) is 0.527. The number of thiazole rings is 1. The molecule has 2 bridgehead atoms. The largest absolute Gasteiger partial charge is 0.488 e. The predicted molar refractivity (Wildman–Crippen MR) is 162 cm³/mol. The molecule has 6 rings (SSSR count). The van der Waals surface area contributed by atoms with Crippen molar-refractivity contribution < 1.29 is 19.4 Å². The lowest BCUT2D eigenvalue weighted by molar-refractivity contribution is -0.153. The van der Waals surface area contributed by atoms with Gasteiger partial charge in [-0.1, -0.05) is 17.7 Å². The number of fused-ring (bicyclic) bond motifs is 2. The van der Waals surface area contributed by atoms with E-state index in [2.05, 4.69) is 29.3 Å². The number of piperidine rings is 2. The predicted octanol–water partition coefficient (Wildman–Crippen LogP) is 6.57. The minimum atomic E-state index is -0.662. The number of amides is 1. The quantitative estimate of drug-likeness (QED) is 0.344. The van der Waals surface area contributed by atoms with Crippen molar-refractivity contribution in [1.29, 1.82) is 0 Å². The van der Waals surface area contributed by atoms with Crippen LogP contribution in [-0.4, -0.2) is 53.0 Å². The zero-order chi connectivity index (χ0) is 28.7. The van der Waals surface area contributed by atoms with Crippen molar-refractivity contribution in [2.75, 3.05) is 31.1 Å². The Bertz CT molecular complexity index is 1450. The first-order valence-electron chi connectivity index (χ1n) is 14.8. The van der Waals surface area contributed by atoms with E-state index in [1.165, 1.54) is 6.42 Å². The zero-order valence-corrected chi connectivity index (χ0v) is 25.0. The molecule has 3 aromatic rings. The van der Waals surface area contributed by atoms with Gasteiger partial charge in [0, 0.05) is 42.7 Å². The lowest BCUT2D eigenvalue weighted by Gasteiger charge is -2.42. The number of nitrogens with zero attached hydrogens (tertiary/aromatic N) is 3. The van der Waals surface area contributed by atoms with Gasteiger partial charge >= 0.3 is 5.97 Å². The molecule has 3 fully saturated rings. The van der Waals surface area contributed by atoms with Crippen LogP contribution in [0.1, 0.15) is 66.1 Å². The number of rotatable bonds is 7. The van der Waals surface area contributed by atoms with Crippen LogP contribution in [0, 0.1) is 31.1 Å². The first-order valence-corrected chi connectivity index (χ1v) is 15.7. The molecule has 3 aliphatic rings. The van der Waals surface area contributed by atoms with Gasteiger partial charge in [0.15, 0.2) is 5.13 Å². The summed E-state index contributed by atoms with van der Waals surface area (Å²) in [6.07, 6.45) is 5.29. The molecule has 0 radical (unpaired) electrons. The topological polar surface area (TPSA) is 83.0 Å². The van der Waals surface area contributed by atoms with E-state index in [9.17, 15) is 14.7 Å². The number of hydrogen-bond donors (Lipinski definition) is 1. The summed E-state index contributed by atoms with van der Waals surface area (Å²) in [7, 11) is 0. The second-order valence-electron chi connectivity index (χ2n) is 12.3. The Morgan fingerprint density at radius 3 is 2.46 bits per heavy atom. The fraction of sp³-hybridized carbons (Fsp3) is 0.485. The molecular weight excluding hydrogens is 534 g/mol. The second kappa shape index (κ2) is 11.1. The first kappa shape index (κ1) is 27.8. The van der Waals surface area contributed by atoms with E-state index < -0.39 is 11.4 Å². The highest BCUT2D eigenvalue weighted by Gasteiger charge is 2.56. The van der Waals surface area contributed by atoms with Crippen LogP contribution in [0.15, 0.2) is 41.8 Å². The minimum absolute atomic E-state index is 0.120. The molecule has 8 heteroatoms. The summed E-state index contributed by atoms with van der Waals surface area (Å²) in [6, 6.07) is 12.1. The molecule has 1 amide bonds. The molecule has 1 aliphatic carbocycles. The Morgan fingerprint density at radius 1 is 1.05 bits per heavy atom. The Hall–Kier alpha value is -3.39. The van der Waals surface area contributed by atoms with Gasteiger partial charge in [-0.25, -0.2) is 4.98 Å². The third-order valence-electron chi connectivity index (χ3n) is 9.69. The van der Waals surface area contributed by atoms with E-state index in [0.29, 0.717) is 6.61 Å². The molecule has 2 atom stereocenters. The van der Waals surface area contributed by atoms with E-state index in [1.807, 2.05) is 43.0 Å². The molecule has 2 aliphatic heterocycles. The van der Waals surface area contributed by atoms with Gasteiger partial charge in [0.25, 0.3) is 5.91 Å². The first-order chi connectivity index (χ1) is 19.7. The number of carboxylic acid groups (broad SMARTS) is 1. The average molecular weight is 574 g/mol. The number of carboxylic acids is 1. The van der Waals surface area contributed by atoms with Crippen LogP contribution in [0.5, 0.6) is 5.75 Å². The van der Waals surface area contributed by atoms with Crippen molar-refractivity contribution in [2.45, 2.75) is 59.5 Å². The zero-order valence-electron chi connectivity index (χ0n) is 24.2. The number of aliphatic carboxylic acids is 1. The van der Waals surface area contributed by atoms with Gasteiger partial charge in [-0.3, -0.25) is 9.59 Å². The maximum atomic E-state index is 13.0. The highest BCUT2D eigenvalue weighted by atomic mass is 32.1. The Labute approximate surface area is 246 Å². The van der Waals surface area contributed by atoms with Gasteiger partial charge in [0.2, 0.25) is 0 Å². The molecule has 2 unspecified atom stereocenters. The maximum absolute atomic E-state index is 13.0. The summed E-state index contributed by atoms with van der Waals surface area (Å²) in [6.45, 7) is 9.60. The third kappa shape index (κ3) is 5.23. The van der Waals surface area contributed by atoms with E-state index in [0.717, 1.165) is 96.3 Å². The lowest BCUT2D eigenvalue weighted by atomic mass is 9.71. The molecule has 216 valence electrons. The van der Waals surface area contributed by atoms with Gasteiger partial charge in [0.05, 0.1) is 11.1 Å². The van der Waals surface area contributed by atoms with Crippen molar-refractivity contribution >= 4 is 28.3 Å². The number of ether oxygens (including phenoxy) is 1. The van der Waals surface area contributed by atoms with Crippen molar-refractivity contribution in [3.63, 3.8) is 0 Å². The summed E-state index contributed by atoms with van der Waals surface area (Å²) in [5.41, 5.74) is 5.17. The Kier molecular flexibility index (Phi) is 7.53. The van der Waals surface area contributed by atoms with E-state index in [4.69, 9.17) is 9.72 Å². The van der Waals surface area contributed by atoms with Gasteiger partial charge in [0.1, 0.15) is 12.4 Å². The third-order valence-corrected chi connectivity index (χ3v) is 10.6. The van der Waals surface area contributed by atoms with Gasteiger partial charge in [-0.15, -0.1) is 11.3 Å². The number of aryl methyl sites for hydroxylation is 2. The Morgan fingerprint density at radius 2 is 1.78 bits per heavy atom. The van der Waals surface area contributed by atoms with Gasteiger partial charge < -0.3 is 19.6 Å². The van der Waals surface area contributed by atoms with Gasteiger partial charge in [-0.05, 0) is 100 Å². The highest BCUT2D eigenvalue weighted by Crippen LogP contribution is 2.52. The smallest absolute Gasteiger partial charge is 0.310 e. The molecule has 1 aromatic heterocycles. The fourth-order valence-corrected chi connectivity index (χ4v) is 7.78. The summed E-state index contributed by atoms with van der Waals surface area (Å²) in [5, 5.41) is 12.9. The van der Waals surface area contributed by atoms with Crippen molar-refractivity contribution in [2.24, 2.45) is 17.3 Å². The SMILES string of the molecule is Cc1ccc(OCc2ccc(C(=O)N3CCCCC3)cc2C)c(-c2csc(N3CC4CCC(C3)C4(C)C(=O)O)n2)c1. The summed E-state index contributed by atoms with van der Waals surface area (Å²) >= 11 is 1.61. The molecule has 1 N–H and O–H groups in total. The molecule has 3 heterocycles. The van der Waals surface area contributed by atoms with Crippen LogP contribution in [-0.2, 0) is 11.4 Å². The highest BCUT2D eigenvalue weighted by molar-refractivity contribution is 7.14. The van der Waals surface area contributed by atoms with Crippen LogP contribution >= 0.6 is 11.3 Å². The summed E-state index contributed by atoms with van der Waals surface area (Å²) in [4.78, 5) is 34.3. The molecule has 1 saturated carbocycles. The van der Waals surface area contributed by atoms with Crippen LogP contribution in [0.4, 0.5) is 5.13 Å². The number of likely N-dealkylation sites (tertiary alicyclic amines) is 1.